The lowest BCUT2D eigenvalue weighted by atomic mass is 10.1. The van der Waals surface area contributed by atoms with Gasteiger partial charge < -0.3 is 5.32 Å². The standard InChI is InChI=1S/C13H11N3O3S/c17-12(9-1-2-9)15-13-14-11(7-20-13)8-3-5-10(6-4-8)16(18)19/h3-7,9H,1-2H2,(H,14,15,17). The second kappa shape index (κ2) is 5.01. The molecule has 1 aromatic carbocycles. The van der Waals surface area contributed by atoms with Gasteiger partial charge in [-0.1, -0.05) is 0 Å². The number of nitro benzene ring substituents is 1. The van der Waals surface area contributed by atoms with Crippen molar-refractivity contribution in [3.8, 4) is 11.3 Å². The Balaban J connectivity index is 1.75. The third kappa shape index (κ3) is 2.67. The summed E-state index contributed by atoms with van der Waals surface area (Å²) in [6.07, 6.45) is 1.90. The molecule has 1 heterocycles. The van der Waals surface area contributed by atoms with E-state index < -0.39 is 4.92 Å². The second-order valence-corrected chi connectivity index (χ2v) is 5.46. The Hall–Kier alpha value is -2.28. The Kier molecular flexibility index (Phi) is 3.19. The molecule has 1 aliphatic carbocycles. The molecule has 0 aliphatic heterocycles. The number of hydrogen-bond acceptors (Lipinski definition) is 5. The molecule has 1 saturated carbocycles. The zero-order chi connectivity index (χ0) is 14.1. The van der Waals surface area contributed by atoms with Gasteiger partial charge in [0, 0.05) is 29.0 Å². The number of rotatable bonds is 4. The summed E-state index contributed by atoms with van der Waals surface area (Å²) in [5.41, 5.74) is 1.54. The summed E-state index contributed by atoms with van der Waals surface area (Å²) in [6, 6.07) is 6.19. The summed E-state index contributed by atoms with van der Waals surface area (Å²) in [5, 5.41) is 15.8. The maximum atomic E-state index is 11.6. The average Bonchev–Trinajstić information content (AvgIpc) is 3.20. The van der Waals surface area contributed by atoms with Crippen molar-refractivity contribution in [2.45, 2.75) is 12.8 Å². The maximum Gasteiger partial charge on any atom is 0.269 e. The highest BCUT2D eigenvalue weighted by Crippen LogP contribution is 2.31. The van der Waals surface area contributed by atoms with Gasteiger partial charge in [-0.3, -0.25) is 14.9 Å². The van der Waals surface area contributed by atoms with Gasteiger partial charge in [-0.15, -0.1) is 11.3 Å². The van der Waals surface area contributed by atoms with Gasteiger partial charge in [0.15, 0.2) is 5.13 Å². The molecule has 0 unspecified atom stereocenters. The van der Waals surface area contributed by atoms with Crippen molar-refractivity contribution < 1.29 is 9.72 Å². The summed E-state index contributed by atoms with van der Waals surface area (Å²) in [7, 11) is 0. The van der Waals surface area contributed by atoms with Gasteiger partial charge in [0.05, 0.1) is 10.6 Å². The first-order valence-electron chi connectivity index (χ1n) is 6.15. The second-order valence-electron chi connectivity index (χ2n) is 4.61. The van der Waals surface area contributed by atoms with Crippen molar-refractivity contribution in [1.82, 2.24) is 4.98 Å². The van der Waals surface area contributed by atoms with E-state index in [-0.39, 0.29) is 17.5 Å². The Morgan fingerprint density at radius 3 is 2.65 bits per heavy atom. The lowest BCUT2D eigenvalue weighted by Crippen LogP contribution is -2.12. The number of anilines is 1. The van der Waals surface area contributed by atoms with Crippen LogP contribution in [0.1, 0.15) is 12.8 Å². The van der Waals surface area contributed by atoms with Crippen molar-refractivity contribution in [2.24, 2.45) is 5.92 Å². The molecule has 0 atom stereocenters. The Morgan fingerprint density at radius 1 is 1.35 bits per heavy atom. The van der Waals surface area contributed by atoms with Crippen molar-refractivity contribution in [1.29, 1.82) is 0 Å². The number of thiazole rings is 1. The summed E-state index contributed by atoms with van der Waals surface area (Å²) < 4.78 is 0. The van der Waals surface area contributed by atoms with E-state index in [1.165, 1.54) is 23.5 Å². The average molecular weight is 289 g/mol. The van der Waals surface area contributed by atoms with Crippen LogP contribution in [0.15, 0.2) is 29.6 Å². The first-order valence-corrected chi connectivity index (χ1v) is 7.02. The van der Waals surface area contributed by atoms with E-state index in [2.05, 4.69) is 10.3 Å². The molecule has 1 amide bonds. The summed E-state index contributed by atoms with van der Waals surface area (Å²) in [6.45, 7) is 0. The first-order chi connectivity index (χ1) is 9.63. The number of nitrogens with one attached hydrogen (secondary N) is 1. The molecule has 0 spiro atoms. The van der Waals surface area contributed by atoms with Gasteiger partial charge in [-0.25, -0.2) is 4.98 Å². The van der Waals surface area contributed by atoms with Crippen LogP contribution < -0.4 is 5.32 Å². The highest BCUT2D eigenvalue weighted by molar-refractivity contribution is 7.14. The fraction of sp³-hybridized carbons (Fsp3) is 0.231. The van der Waals surface area contributed by atoms with E-state index >= 15 is 0 Å². The van der Waals surface area contributed by atoms with Crippen LogP contribution in [0.5, 0.6) is 0 Å². The Labute approximate surface area is 118 Å². The molecule has 20 heavy (non-hydrogen) atoms. The molecule has 0 radical (unpaired) electrons. The summed E-state index contributed by atoms with van der Waals surface area (Å²) in [5.74, 6) is 0.163. The van der Waals surface area contributed by atoms with E-state index in [1.54, 1.807) is 12.1 Å². The largest absolute Gasteiger partial charge is 0.302 e. The Bertz CT molecular complexity index is 662. The first kappa shape index (κ1) is 12.7. The highest BCUT2D eigenvalue weighted by atomic mass is 32.1. The molecule has 1 aromatic heterocycles. The van der Waals surface area contributed by atoms with Crippen LogP contribution in [-0.4, -0.2) is 15.8 Å². The third-order valence-corrected chi connectivity index (χ3v) is 3.81. The quantitative estimate of drug-likeness (QED) is 0.692. The van der Waals surface area contributed by atoms with Gasteiger partial charge in [0.1, 0.15) is 0 Å². The van der Waals surface area contributed by atoms with Crippen molar-refractivity contribution in [2.75, 3.05) is 5.32 Å². The topological polar surface area (TPSA) is 85.1 Å². The lowest BCUT2D eigenvalue weighted by Gasteiger charge is -1.98. The molecule has 1 N–H and O–H groups in total. The highest BCUT2D eigenvalue weighted by Gasteiger charge is 2.30. The zero-order valence-electron chi connectivity index (χ0n) is 10.4. The number of nitro groups is 1. The molecule has 6 nitrogen and oxygen atoms in total. The number of amides is 1. The van der Waals surface area contributed by atoms with E-state index in [0.29, 0.717) is 10.8 Å². The smallest absolute Gasteiger partial charge is 0.269 e. The monoisotopic (exact) mass is 289 g/mol. The predicted molar refractivity (Wildman–Crippen MR) is 75.6 cm³/mol. The van der Waals surface area contributed by atoms with Crippen LogP contribution in [0.4, 0.5) is 10.8 Å². The third-order valence-electron chi connectivity index (χ3n) is 3.06. The van der Waals surface area contributed by atoms with Crippen LogP contribution in [0, 0.1) is 16.0 Å². The molecule has 1 fully saturated rings. The molecular formula is C13H11N3O3S. The normalized spacial score (nSPS) is 14.0. The number of aromatic nitrogens is 1. The van der Waals surface area contributed by atoms with Gasteiger partial charge in [-0.05, 0) is 25.0 Å². The van der Waals surface area contributed by atoms with Crippen molar-refractivity contribution in [3.63, 3.8) is 0 Å². The number of carbonyl (C=O) groups excluding carboxylic acids is 1. The summed E-state index contributed by atoms with van der Waals surface area (Å²) >= 11 is 1.35. The number of nitrogens with zero attached hydrogens (tertiary/aromatic N) is 2. The van der Waals surface area contributed by atoms with Crippen LogP contribution in [0.25, 0.3) is 11.3 Å². The predicted octanol–water partition coefficient (Wildman–Crippen LogP) is 3.07. The summed E-state index contributed by atoms with van der Waals surface area (Å²) in [4.78, 5) is 26.1. The molecular weight excluding hydrogens is 278 g/mol. The number of non-ortho nitro benzene ring substituents is 1. The molecule has 7 heteroatoms. The van der Waals surface area contributed by atoms with Crippen LogP contribution in [0.3, 0.4) is 0 Å². The zero-order valence-corrected chi connectivity index (χ0v) is 11.2. The van der Waals surface area contributed by atoms with Crippen LogP contribution in [0.2, 0.25) is 0 Å². The minimum Gasteiger partial charge on any atom is -0.302 e. The van der Waals surface area contributed by atoms with Crippen molar-refractivity contribution >= 4 is 28.1 Å². The van der Waals surface area contributed by atoms with E-state index in [9.17, 15) is 14.9 Å². The Morgan fingerprint density at radius 2 is 2.05 bits per heavy atom. The van der Waals surface area contributed by atoms with E-state index in [1.807, 2.05) is 5.38 Å². The minimum atomic E-state index is -0.438. The number of hydrogen-bond donors (Lipinski definition) is 1. The van der Waals surface area contributed by atoms with Crippen LogP contribution >= 0.6 is 11.3 Å². The molecule has 2 aromatic rings. The molecule has 0 bridgehead atoms. The van der Waals surface area contributed by atoms with Gasteiger partial charge in [-0.2, -0.15) is 0 Å². The van der Waals surface area contributed by atoms with Gasteiger partial charge in [0.2, 0.25) is 5.91 Å². The van der Waals surface area contributed by atoms with E-state index in [4.69, 9.17) is 0 Å². The van der Waals surface area contributed by atoms with E-state index in [0.717, 1.165) is 18.4 Å². The minimum absolute atomic E-state index is 0.0228. The number of carbonyl (C=O) groups is 1. The fourth-order valence-corrected chi connectivity index (χ4v) is 2.49. The van der Waals surface area contributed by atoms with Crippen LogP contribution in [-0.2, 0) is 4.79 Å². The number of benzene rings is 1. The lowest BCUT2D eigenvalue weighted by molar-refractivity contribution is -0.384. The SMILES string of the molecule is O=C(Nc1nc(-c2ccc([N+](=O)[O-])cc2)cs1)C1CC1. The molecule has 1 aliphatic rings. The molecule has 3 rings (SSSR count). The van der Waals surface area contributed by atoms with Gasteiger partial charge >= 0.3 is 0 Å². The molecule has 0 saturated heterocycles. The van der Waals surface area contributed by atoms with Crippen molar-refractivity contribution in [3.05, 3.63) is 39.8 Å². The van der Waals surface area contributed by atoms with Gasteiger partial charge in [0.25, 0.3) is 5.69 Å². The maximum absolute atomic E-state index is 11.6. The molecule has 102 valence electrons. The fourth-order valence-electron chi connectivity index (χ4n) is 1.77.